The quantitative estimate of drug-likeness (QED) is 0.423. The third-order valence-corrected chi connectivity index (χ3v) is 5.79. The van der Waals surface area contributed by atoms with Crippen LogP contribution in [0.1, 0.15) is 10.6 Å². The largest absolute Gasteiger partial charge is 0.451 e. The maximum Gasteiger partial charge on any atom is 0.289 e. The van der Waals surface area contributed by atoms with E-state index >= 15 is 0 Å². The Kier molecular flexibility index (Phi) is 4.49. The predicted octanol–water partition coefficient (Wildman–Crippen LogP) is 3.06. The molecule has 1 aliphatic rings. The van der Waals surface area contributed by atoms with E-state index in [-0.39, 0.29) is 11.7 Å². The summed E-state index contributed by atoms with van der Waals surface area (Å²) in [6.45, 7) is 2.21. The SMILES string of the molecule is O=C(c1cc2ccccc2o1)N1CCN(c2ncnc3c2nnn3-c2ccc(F)cc2)CC1. The fourth-order valence-electron chi connectivity index (χ4n) is 4.09. The zero-order valence-electron chi connectivity index (χ0n) is 17.4. The van der Waals surface area contributed by atoms with Crippen LogP contribution in [0.25, 0.3) is 27.8 Å². The molecule has 0 bridgehead atoms. The molecule has 1 amide bonds. The van der Waals surface area contributed by atoms with Crippen LogP contribution in [0.3, 0.4) is 0 Å². The van der Waals surface area contributed by atoms with Gasteiger partial charge in [-0.3, -0.25) is 4.79 Å². The lowest BCUT2D eigenvalue weighted by Crippen LogP contribution is -2.49. The summed E-state index contributed by atoms with van der Waals surface area (Å²) in [5.41, 5.74) is 2.45. The lowest BCUT2D eigenvalue weighted by molar-refractivity contribution is 0.0717. The summed E-state index contributed by atoms with van der Waals surface area (Å²) < 4.78 is 20.6. The average Bonchev–Trinajstić information content (AvgIpc) is 3.49. The molecule has 0 saturated carbocycles. The number of aromatic nitrogens is 5. The second kappa shape index (κ2) is 7.66. The fraction of sp³-hybridized carbons (Fsp3) is 0.174. The van der Waals surface area contributed by atoms with Gasteiger partial charge in [0.2, 0.25) is 0 Å². The van der Waals surface area contributed by atoms with Crippen molar-refractivity contribution in [3.05, 3.63) is 72.5 Å². The standard InChI is InChI=1S/C23H18FN7O2/c24-16-5-7-17(8-6-16)31-22-20(27-28-31)21(25-14-26-22)29-9-11-30(12-10-29)23(32)19-13-15-3-1-2-4-18(15)33-19/h1-8,13-14H,9-12H2. The van der Waals surface area contributed by atoms with E-state index < -0.39 is 0 Å². The maximum absolute atomic E-state index is 13.3. The van der Waals surface area contributed by atoms with Gasteiger partial charge >= 0.3 is 0 Å². The molecule has 1 aliphatic heterocycles. The number of carbonyl (C=O) groups is 1. The van der Waals surface area contributed by atoms with E-state index in [0.29, 0.717) is 60.2 Å². The molecule has 9 nitrogen and oxygen atoms in total. The first-order valence-electron chi connectivity index (χ1n) is 10.5. The van der Waals surface area contributed by atoms with Gasteiger partial charge in [-0.25, -0.2) is 14.4 Å². The van der Waals surface area contributed by atoms with E-state index in [1.807, 2.05) is 24.3 Å². The molecular weight excluding hydrogens is 425 g/mol. The van der Waals surface area contributed by atoms with E-state index in [4.69, 9.17) is 4.42 Å². The van der Waals surface area contributed by atoms with Crippen molar-refractivity contribution in [1.29, 1.82) is 0 Å². The Labute approximate surface area is 187 Å². The number of hydrogen-bond donors (Lipinski definition) is 0. The Morgan fingerprint density at radius 1 is 0.970 bits per heavy atom. The topological polar surface area (TPSA) is 93.2 Å². The molecule has 0 radical (unpaired) electrons. The van der Waals surface area contributed by atoms with Crippen molar-refractivity contribution in [2.45, 2.75) is 0 Å². The number of hydrogen-bond acceptors (Lipinski definition) is 7. The molecule has 1 saturated heterocycles. The van der Waals surface area contributed by atoms with Crippen LogP contribution >= 0.6 is 0 Å². The smallest absolute Gasteiger partial charge is 0.289 e. The van der Waals surface area contributed by atoms with Gasteiger partial charge in [0.25, 0.3) is 5.91 Å². The normalized spacial score (nSPS) is 14.3. The van der Waals surface area contributed by atoms with Crippen molar-refractivity contribution in [3.63, 3.8) is 0 Å². The number of rotatable bonds is 3. The number of furan rings is 1. The first kappa shape index (κ1) is 19.4. The summed E-state index contributed by atoms with van der Waals surface area (Å²) >= 11 is 0. The molecule has 0 N–H and O–H groups in total. The number of amides is 1. The number of carbonyl (C=O) groups excluding carboxylic acids is 1. The number of anilines is 1. The summed E-state index contributed by atoms with van der Waals surface area (Å²) in [5, 5.41) is 9.38. The number of para-hydroxylation sites is 1. The first-order valence-corrected chi connectivity index (χ1v) is 10.5. The molecule has 0 aliphatic carbocycles. The lowest BCUT2D eigenvalue weighted by Gasteiger charge is -2.34. The number of piperazine rings is 1. The molecule has 164 valence electrons. The Bertz CT molecular complexity index is 1440. The molecule has 5 aromatic rings. The van der Waals surface area contributed by atoms with Gasteiger partial charge in [0.05, 0.1) is 5.69 Å². The van der Waals surface area contributed by atoms with Gasteiger partial charge in [-0.15, -0.1) is 5.10 Å². The third-order valence-electron chi connectivity index (χ3n) is 5.79. The van der Waals surface area contributed by atoms with Crippen molar-refractivity contribution in [2.24, 2.45) is 0 Å². The van der Waals surface area contributed by atoms with Crippen molar-refractivity contribution in [1.82, 2.24) is 29.9 Å². The zero-order chi connectivity index (χ0) is 22.4. The molecule has 3 aromatic heterocycles. The van der Waals surface area contributed by atoms with Gasteiger partial charge < -0.3 is 14.2 Å². The molecule has 10 heteroatoms. The highest BCUT2D eigenvalue weighted by atomic mass is 19.1. The maximum atomic E-state index is 13.3. The van der Waals surface area contributed by atoms with Crippen molar-refractivity contribution in [2.75, 3.05) is 31.1 Å². The van der Waals surface area contributed by atoms with E-state index in [9.17, 15) is 9.18 Å². The Hall–Kier alpha value is -4.34. The van der Waals surface area contributed by atoms with Gasteiger partial charge in [-0.05, 0) is 36.4 Å². The van der Waals surface area contributed by atoms with Crippen molar-refractivity contribution in [3.8, 4) is 5.69 Å². The highest BCUT2D eigenvalue weighted by Gasteiger charge is 2.27. The Balaban J connectivity index is 1.22. The molecule has 4 heterocycles. The van der Waals surface area contributed by atoms with Crippen LogP contribution in [0.2, 0.25) is 0 Å². The van der Waals surface area contributed by atoms with Crippen LogP contribution in [-0.2, 0) is 0 Å². The van der Waals surface area contributed by atoms with Crippen LogP contribution in [-0.4, -0.2) is 61.9 Å². The summed E-state index contributed by atoms with van der Waals surface area (Å²) in [6.07, 6.45) is 1.47. The summed E-state index contributed by atoms with van der Waals surface area (Å²) in [4.78, 5) is 25.5. The van der Waals surface area contributed by atoms with Gasteiger partial charge in [-0.2, -0.15) is 4.68 Å². The molecule has 1 fully saturated rings. The minimum atomic E-state index is -0.325. The van der Waals surface area contributed by atoms with Gasteiger partial charge in [0.15, 0.2) is 22.7 Å². The van der Waals surface area contributed by atoms with E-state index in [2.05, 4.69) is 25.2 Å². The Morgan fingerprint density at radius 2 is 1.76 bits per heavy atom. The third kappa shape index (κ3) is 3.36. The fourth-order valence-corrected chi connectivity index (χ4v) is 4.09. The zero-order valence-corrected chi connectivity index (χ0v) is 17.4. The second-order valence-corrected chi connectivity index (χ2v) is 7.77. The molecule has 0 spiro atoms. The summed E-state index contributed by atoms with van der Waals surface area (Å²) in [6, 6.07) is 15.3. The van der Waals surface area contributed by atoms with Gasteiger partial charge in [0, 0.05) is 31.6 Å². The minimum absolute atomic E-state index is 0.124. The monoisotopic (exact) mass is 443 g/mol. The molecule has 0 unspecified atom stereocenters. The second-order valence-electron chi connectivity index (χ2n) is 7.77. The van der Waals surface area contributed by atoms with Gasteiger partial charge in [0.1, 0.15) is 17.7 Å². The molecule has 0 atom stereocenters. The van der Waals surface area contributed by atoms with Crippen LogP contribution in [0.4, 0.5) is 10.2 Å². The number of nitrogens with zero attached hydrogens (tertiary/aromatic N) is 7. The molecular formula is C23H18FN7O2. The number of benzene rings is 2. The average molecular weight is 443 g/mol. The highest BCUT2D eigenvalue weighted by Crippen LogP contribution is 2.25. The van der Waals surface area contributed by atoms with Crippen LogP contribution in [0.5, 0.6) is 0 Å². The minimum Gasteiger partial charge on any atom is -0.451 e. The number of halogens is 1. The molecule has 6 rings (SSSR count). The van der Waals surface area contributed by atoms with Crippen molar-refractivity contribution < 1.29 is 13.6 Å². The van der Waals surface area contributed by atoms with E-state index in [0.717, 1.165) is 5.39 Å². The summed E-state index contributed by atoms with van der Waals surface area (Å²) in [5.74, 6) is 0.551. The van der Waals surface area contributed by atoms with E-state index in [1.165, 1.54) is 18.5 Å². The lowest BCUT2D eigenvalue weighted by atomic mass is 10.2. The van der Waals surface area contributed by atoms with Crippen LogP contribution in [0, 0.1) is 5.82 Å². The Morgan fingerprint density at radius 3 is 2.55 bits per heavy atom. The summed E-state index contributed by atoms with van der Waals surface area (Å²) in [7, 11) is 0. The highest BCUT2D eigenvalue weighted by molar-refractivity contribution is 5.96. The molecule has 33 heavy (non-hydrogen) atoms. The predicted molar refractivity (Wildman–Crippen MR) is 119 cm³/mol. The first-order chi connectivity index (χ1) is 16.2. The number of fused-ring (bicyclic) bond motifs is 2. The van der Waals surface area contributed by atoms with Gasteiger partial charge in [-0.1, -0.05) is 23.4 Å². The van der Waals surface area contributed by atoms with Crippen LogP contribution < -0.4 is 4.90 Å². The van der Waals surface area contributed by atoms with E-state index in [1.54, 1.807) is 27.8 Å². The van der Waals surface area contributed by atoms with Crippen molar-refractivity contribution >= 4 is 33.9 Å². The van der Waals surface area contributed by atoms with Crippen LogP contribution in [0.15, 0.2) is 65.3 Å². The molecule has 2 aromatic carbocycles.